The van der Waals surface area contributed by atoms with Gasteiger partial charge in [-0.25, -0.2) is 4.79 Å². The Balaban J connectivity index is 2.77. The zero-order valence-corrected chi connectivity index (χ0v) is 9.08. The van der Waals surface area contributed by atoms with E-state index in [1.165, 1.54) is 0 Å². The standard InChI is InChI=1S/C11H14N2O4/c12-10(15)9(14)8(17-11(13)16)6-7-4-2-1-3-5-7/h1-5,8-9,14H,6H2,(H2,12,15)(H2,13,16). The van der Waals surface area contributed by atoms with Gasteiger partial charge in [0.05, 0.1) is 0 Å². The second-order valence-corrected chi connectivity index (χ2v) is 3.51. The molecule has 1 aromatic rings. The van der Waals surface area contributed by atoms with E-state index < -0.39 is 24.2 Å². The molecule has 1 aromatic carbocycles. The van der Waals surface area contributed by atoms with Crippen LogP contribution in [0.4, 0.5) is 4.79 Å². The summed E-state index contributed by atoms with van der Waals surface area (Å²) in [5, 5.41) is 9.49. The van der Waals surface area contributed by atoms with Crippen molar-refractivity contribution in [2.45, 2.75) is 18.6 Å². The van der Waals surface area contributed by atoms with Crippen molar-refractivity contribution in [1.82, 2.24) is 0 Å². The molecule has 0 saturated heterocycles. The van der Waals surface area contributed by atoms with Crippen LogP contribution in [0.3, 0.4) is 0 Å². The molecule has 5 N–H and O–H groups in total. The van der Waals surface area contributed by atoms with Gasteiger partial charge in [0.25, 0.3) is 0 Å². The quantitative estimate of drug-likeness (QED) is 0.643. The lowest BCUT2D eigenvalue weighted by Gasteiger charge is -2.20. The minimum atomic E-state index is -1.58. The van der Waals surface area contributed by atoms with Crippen LogP contribution in [-0.4, -0.2) is 29.3 Å². The number of nitrogens with two attached hydrogens (primary N) is 2. The number of carbonyl (C=O) groups is 2. The second-order valence-electron chi connectivity index (χ2n) is 3.51. The molecule has 0 fully saturated rings. The van der Waals surface area contributed by atoms with E-state index in [0.29, 0.717) is 0 Å². The summed E-state index contributed by atoms with van der Waals surface area (Å²) < 4.78 is 4.67. The summed E-state index contributed by atoms with van der Waals surface area (Å²) in [6.07, 6.45) is -3.56. The number of benzene rings is 1. The Morgan fingerprint density at radius 1 is 1.24 bits per heavy atom. The van der Waals surface area contributed by atoms with Crippen molar-refractivity contribution in [2.75, 3.05) is 0 Å². The molecule has 2 unspecified atom stereocenters. The average Bonchev–Trinajstić information content (AvgIpc) is 2.28. The molecule has 0 aliphatic carbocycles. The van der Waals surface area contributed by atoms with Crippen molar-refractivity contribution in [3.63, 3.8) is 0 Å². The minimum Gasteiger partial charge on any atom is -0.443 e. The molecule has 92 valence electrons. The van der Waals surface area contributed by atoms with Crippen molar-refractivity contribution in [3.8, 4) is 0 Å². The van der Waals surface area contributed by atoms with Crippen molar-refractivity contribution in [2.24, 2.45) is 11.5 Å². The molecule has 6 nitrogen and oxygen atoms in total. The molecule has 0 aromatic heterocycles. The predicted octanol–water partition coefficient (Wildman–Crippen LogP) is -0.461. The molecule has 0 bridgehead atoms. The van der Waals surface area contributed by atoms with E-state index in [1.54, 1.807) is 24.3 Å². The van der Waals surface area contributed by atoms with Gasteiger partial charge in [0.1, 0.15) is 6.10 Å². The van der Waals surface area contributed by atoms with E-state index in [-0.39, 0.29) is 6.42 Å². The molecule has 0 spiro atoms. The third kappa shape index (κ3) is 4.12. The largest absolute Gasteiger partial charge is 0.443 e. The van der Waals surface area contributed by atoms with E-state index >= 15 is 0 Å². The highest BCUT2D eigenvalue weighted by Gasteiger charge is 2.27. The zero-order chi connectivity index (χ0) is 12.8. The van der Waals surface area contributed by atoms with E-state index in [0.717, 1.165) is 5.56 Å². The lowest BCUT2D eigenvalue weighted by atomic mass is 10.0. The van der Waals surface area contributed by atoms with E-state index in [2.05, 4.69) is 4.74 Å². The fourth-order valence-corrected chi connectivity index (χ4v) is 1.40. The van der Waals surface area contributed by atoms with Crippen molar-refractivity contribution < 1.29 is 19.4 Å². The fraction of sp³-hybridized carbons (Fsp3) is 0.273. The first-order valence-corrected chi connectivity index (χ1v) is 4.98. The number of rotatable bonds is 5. The summed E-state index contributed by atoms with van der Waals surface area (Å²) in [5.74, 6) is -0.966. The number of primary amides is 2. The average molecular weight is 238 g/mol. The van der Waals surface area contributed by atoms with E-state index in [4.69, 9.17) is 11.5 Å². The number of hydrogen-bond donors (Lipinski definition) is 3. The molecule has 2 atom stereocenters. The number of carbonyl (C=O) groups excluding carboxylic acids is 2. The number of aliphatic hydroxyl groups excluding tert-OH is 1. The van der Waals surface area contributed by atoms with Gasteiger partial charge in [0, 0.05) is 6.42 Å². The summed E-state index contributed by atoms with van der Waals surface area (Å²) in [7, 11) is 0. The maximum atomic E-state index is 10.9. The number of hydrogen-bond acceptors (Lipinski definition) is 4. The molecule has 0 aliphatic heterocycles. The van der Waals surface area contributed by atoms with Crippen LogP contribution >= 0.6 is 0 Å². The zero-order valence-electron chi connectivity index (χ0n) is 9.08. The van der Waals surface area contributed by atoms with Crippen molar-refractivity contribution >= 4 is 12.0 Å². The smallest absolute Gasteiger partial charge is 0.404 e. The number of ether oxygens (including phenoxy) is 1. The lowest BCUT2D eigenvalue weighted by Crippen LogP contribution is -2.43. The molecular weight excluding hydrogens is 224 g/mol. The monoisotopic (exact) mass is 238 g/mol. The van der Waals surface area contributed by atoms with Crippen LogP contribution in [0.1, 0.15) is 5.56 Å². The van der Waals surface area contributed by atoms with Crippen LogP contribution in [0.5, 0.6) is 0 Å². The van der Waals surface area contributed by atoms with Crippen LogP contribution in [0.25, 0.3) is 0 Å². The summed E-state index contributed by atoms with van der Waals surface area (Å²) >= 11 is 0. The van der Waals surface area contributed by atoms with Crippen LogP contribution < -0.4 is 11.5 Å². The van der Waals surface area contributed by atoms with Gasteiger partial charge in [-0.15, -0.1) is 0 Å². The van der Waals surface area contributed by atoms with Crippen LogP contribution in [0.2, 0.25) is 0 Å². The Labute approximate surface area is 98.2 Å². The van der Waals surface area contributed by atoms with Gasteiger partial charge >= 0.3 is 6.09 Å². The topological polar surface area (TPSA) is 116 Å². The first-order chi connectivity index (χ1) is 8.00. The van der Waals surface area contributed by atoms with Gasteiger partial charge in [-0.1, -0.05) is 30.3 Å². The lowest BCUT2D eigenvalue weighted by molar-refractivity contribution is -0.131. The maximum Gasteiger partial charge on any atom is 0.404 e. The Morgan fingerprint density at radius 2 is 1.82 bits per heavy atom. The third-order valence-electron chi connectivity index (χ3n) is 2.19. The van der Waals surface area contributed by atoms with Gasteiger partial charge < -0.3 is 21.3 Å². The van der Waals surface area contributed by atoms with Gasteiger partial charge in [-0.05, 0) is 5.56 Å². The van der Waals surface area contributed by atoms with Crippen molar-refractivity contribution in [1.29, 1.82) is 0 Å². The van der Waals surface area contributed by atoms with Crippen LogP contribution in [-0.2, 0) is 16.0 Å². The van der Waals surface area contributed by atoms with Gasteiger partial charge in [-0.2, -0.15) is 0 Å². The highest BCUT2D eigenvalue weighted by molar-refractivity contribution is 5.79. The summed E-state index contributed by atoms with van der Waals surface area (Å²) in [4.78, 5) is 21.5. The Morgan fingerprint density at radius 3 is 2.29 bits per heavy atom. The second kappa shape index (κ2) is 5.86. The molecule has 0 saturated carbocycles. The molecule has 6 heteroatoms. The summed E-state index contributed by atoms with van der Waals surface area (Å²) in [5.41, 5.74) is 10.6. The highest BCUT2D eigenvalue weighted by Crippen LogP contribution is 2.09. The molecule has 0 radical (unpaired) electrons. The molecule has 0 heterocycles. The maximum absolute atomic E-state index is 10.9. The molecule has 0 aliphatic rings. The normalized spacial score (nSPS) is 13.7. The number of amides is 2. The summed E-state index contributed by atoms with van der Waals surface area (Å²) in [6, 6.07) is 8.93. The summed E-state index contributed by atoms with van der Waals surface area (Å²) in [6.45, 7) is 0. The van der Waals surface area contributed by atoms with Crippen molar-refractivity contribution in [3.05, 3.63) is 35.9 Å². The molecular formula is C11H14N2O4. The van der Waals surface area contributed by atoms with Gasteiger partial charge in [-0.3, -0.25) is 4.79 Å². The Hall–Kier alpha value is -2.08. The van der Waals surface area contributed by atoms with Crippen LogP contribution in [0.15, 0.2) is 30.3 Å². The molecule has 2 amide bonds. The Bertz CT molecular complexity index is 394. The molecule has 1 rings (SSSR count). The first kappa shape index (κ1) is 13.0. The third-order valence-corrected chi connectivity index (χ3v) is 2.19. The molecule has 17 heavy (non-hydrogen) atoms. The van der Waals surface area contributed by atoms with Gasteiger partial charge in [0.15, 0.2) is 6.10 Å². The first-order valence-electron chi connectivity index (χ1n) is 4.98. The van der Waals surface area contributed by atoms with E-state index in [1.807, 2.05) is 6.07 Å². The SMILES string of the molecule is NC(=O)OC(Cc1ccccc1)C(O)C(N)=O. The van der Waals surface area contributed by atoms with Crippen LogP contribution in [0, 0.1) is 0 Å². The minimum absolute atomic E-state index is 0.161. The predicted molar refractivity (Wildman–Crippen MR) is 59.8 cm³/mol. The number of aliphatic hydroxyl groups is 1. The Kier molecular flexibility index (Phi) is 4.47. The van der Waals surface area contributed by atoms with E-state index in [9.17, 15) is 14.7 Å². The fourth-order valence-electron chi connectivity index (χ4n) is 1.40. The highest BCUT2D eigenvalue weighted by atomic mass is 16.6. The van der Waals surface area contributed by atoms with Gasteiger partial charge in [0.2, 0.25) is 5.91 Å².